The average molecular weight is 403 g/mol. The Balaban J connectivity index is 1.77. The van der Waals surface area contributed by atoms with Crippen molar-refractivity contribution < 1.29 is 16.8 Å². The number of nitrogen functional groups attached to an aromatic ring is 1. The van der Waals surface area contributed by atoms with E-state index >= 15 is 0 Å². The number of hydrogen-bond acceptors (Lipinski definition) is 5. The molecule has 4 N–H and O–H groups in total. The van der Waals surface area contributed by atoms with Crippen molar-refractivity contribution in [2.24, 2.45) is 0 Å². The first kappa shape index (κ1) is 18.7. The lowest BCUT2D eigenvalue weighted by Gasteiger charge is -2.11. The topological polar surface area (TPSA) is 118 Å². The summed E-state index contributed by atoms with van der Waals surface area (Å²) in [6, 6.07) is 19.9. The van der Waals surface area contributed by atoms with Crippen molar-refractivity contribution in [3.05, 3.63) is 78.9 Å². The van der Waals surface area contributed by atoms with Crippen molar-refractivity contribution in [3.8, 4) is 0 Å². The molecule has 0 amide bonds. The molecule has 7 nitrogen and oxygen atoms in total. The van der Waals surface area contributed by atoms with Gasteiger partial charge in [-0.2, -0.15) is 0 Å². The van der Waals surface area contributed by atoms with Crippen molar-refractivity contribution in [3.63, 3.8) is 0 Å². The van der Waals surface area contributed by atoms with Crippen LogP contribution < -0.4 is 15.2 Å². The van der Waals surface area contributed by atoms with Gasteiger partial charge in [-0.3, -0.25) is 9.44 Å². The van der Waals surface area contributed by atoms with Crippen LogP contribution in [-0.2, 0) is 20.0 Å². The predicted octanol–water partition coefficient (Wildman–Crippen LogP) is 2.87. The number of sulfonamides is 2. The van der Waals surface area contributed by atoms with Crippen LogP contribution in [0.4, 0.5) is 17.1 Å². The van der Waals surface area contributed by atoms with Crippen LogP contribution in [0.25, 0.3) is 0 Å². The second-order valence-corrected chi connectivity index (χ2v) is 8.97. The fraction of sp³-hybridized carbons (Fsp3) is 0. The minimum atomic E-state index is -3.85. The molecule has 3 aromatic rings. The zero-order valence-electron chi connectivity index (χ0n) is 14.0. The SMILES string of the molecule is Nc1ccccc1S(=O)(=O)Nc1ccc(NS(=O)(=O)c2ccccc2)cc1. The summed E-state index contributed by atoms with van der Waals surface area (Å²) in [5.41, 5.74) is 6.43. The zero-order valence-corrected chi connectivity index (χ0v) is 15.7. The molecule has 0 aliphatic heterocycles. The number of anilines is 3. The molecule has 0 fully saturated rings. The van der Waals surface area contributed by atoms with Crippen LogP contribution >= 0.6 is 0 Å². The monoisotopic (exact) mass is 403 g/mol. The molecule has 3 aromatic carbocycles. The molecular formula is C18H17N3O4S2. The fourth-order valence-corrected chi connectivity index (χ4v) is 4.63. The third-order valence-electron chi connectivity index (χ3n) is 3.65. The van der Waals surface area contributed by atoms with Gasteiger partial charge < -0.3 is 5.73 Å². The zero-order chi connectivity index (χ0) is 19.5. The number of nitrogens with two attached hydrogens (primary N) is 1. The minimum Gasteiger partial charge on any atom is -0.398 e. The summed E-state index contributed by atoms with van der Waals surface area (Å²) in [5.74, 6) is 0. The van der Waals surface area contributed by atoms with E-state index in [0.29, 0.717) is 5.69 Å². The van der Waals surface area contributed by atoms with Gasteiger partial charge >= 0.3 is 0 Å². The molecule has 140 valence electrons. The number of rotatable bonds is 6. The summed E-state index contributed by atoms with van der Waals surface area (Å²) < 4.78 is 54.3. The van der Waals surface area contributed by atoms with Crippen LogP contribution in [0.15, 0.2) is 88.7 Å². The quantitative estimate of drug-likeness (QED) is 0.547. The Morgan fingerprint density at radius 1 is 0.593 bits per heavy atom. The van der Waals surface area contributed by atoms with Gasteiger partial charge in [-0.1, -0.05) is 30.3 Å². The van der Waals surface area contributed by atoms with Crippen molar-refractivity contribution in [2.75, 3.05) is 15.2 Å². The molecule has 0 spiro atoms. The second kappa shape index (κ2) is 7.29. The van der Waals surface area contributed by atoms with Crippen molar-refractivity contribution in [1.82, 2.24) is 0 Å². The highest BCUT2D eigenvalue weighted by molar-refractivity contribution is 7.93. The lowest BCUT2D eigenvalue weighted by atomic mass is 10.3. The van der Waals surface area contributed by atoms with Crippen LogP contribution in [0.2, 0.25) is 0 Å². The maximum atomic E-state index is 12.4. The van der Waals surface area contributed by atoms with Gasteiger partial charge in [-0.25, -0.2) is 16.8 Å². The molecule has 0 atom stereocenters. The molecule has 0 aliphatic rings. The highest BCUT2D eigenvalue weighted by atomic mass is 32.2. The maximum Gasteiger partial charge on any atom is 0.263 e. The molecule has 0 heterocycles. The summed E-state index contributed by atoms with van der Waals surface area (Å²) in [4.78, 5) is 0.105. The Morgan fingerprint density at radius 2 is 1.07 bits per heavy atom. The first-order valence-corrected chi connectivity index (χ1v) is 10.8. The van der Waals surface area contributed by atoms with E-state index in [0.717, 1.165) is 0 Å². The molecule has 0 aliphatic carbocycles. The average Bonchev–Trinajstić information content (AvgIpc) is 2.64. The van der Waals surface area contributed by atoms with Gasteiger partial charge in [0.15, 0.2) is 0 Å². The third-order valence-corrected chi connectivity index (χ3v) is 6.50. The fourth-order valence-electron chi connectivity index (χ4n) is 2.36. The van der Waals surface area contributed by atoms with E-state index in [1.807, 2.05) is 0 Å². The highest BCUT2D eigenvalue weighted by Crippen LogP contribution is 2.23. The molecule has 0 aromatic heterocycles. The molecule has 9 heteroatoms. The first-order valence-electron chi connectivity index (χ1n) is 7.83. The number of benzene rings is 3. The van der Waals surface area contributed by atoms with E-state index in [4.69, 9.17) is 5.73 Å². The van der Waals surface area contributed by atoms with Gasteiger partial charge in [0.1, 0.15) is 4.90 Å². The maximum absolute atomic E-state index is 12.4. The van der Waals surface area contributed by atoms with E-state index < -0.39 is 20.0 Å². The Hall–Kier alpha value is -3.04. The lowest BCUT2D eigenvalue weighted by Crippen LogP contribution is -2.15. The summed E-state index contributed by atoms with van der Waals surface area (Å²) in [7, 11) is -7.56. The van der Waals surface area contributed by atoms with Gasteiger partial charge in [0, 0.05) is 11.4 Å². The van der Waals surface area contributed by atoms with Gasteiger partial charge in [-0.15, -0.1) is 0 Å². The van der Waals surface area contributed by atoms with Crippen LogP contribution in [0.5, 0.6) is 0 Å². The van der Waals surface area contributed by atoms with Gasteiger partial charge in [-0.05, 0) is 48.5 Å². The van der Waals surface area contributed by atoms with Gasteiger partial charge in [0.25, 0.3) is 20.0 Å². The summed E-state index contributed by atoms with van der Waals surface area (Å²) >= 11 is 0. The molecule has 0 bridgehead atoms. The minimum absolute atomic E-state index is 0.0288. The van der Waals surface area contributed by atoms with Crippen LogP contribution in [0, 0.1) is 0 Å². The van der Waals surface area contributed by atoms with Gasteiger partial charge in [0.2, 0.25) is 0 Å². The molecular weight excluding hydrogens is 386 g/mol. The van der Waals surface area contributed by atoms with Crippen molar-refractivity contribution >= 4 is 37.1 Å². The summed E-state index contributed by atoms with van der Waals surface area (Å²) in [6.45, 7) is 0. The van der Waals surface area contributed by atoms with Crippen LogP contribution in [0.1, 0.15) is 0 Å². The van der Waals surface area contributed by atoms with E-state index in [2.05, 4.69) is 9.44 Å². The largest absolute Gasteiger partial charge is 0.398 e. The molecule has 27 heavy (non-hydrogen) atoms. The van der Waals surface area contributed by atoms with E-state index in [1.54, 1.807) is 30.3 Å². The Labute approximate surface area is 158 Å². The highest BCUT2D eigenvalue weighted by Gasteiger charge is 2.17. The first-order chi connectivity index (χ1) is 12.8. The lowest BCUT2D eigenvalue weighted by molar-refractivity contribution is 0.599. The molecule has 0 unspecified atom stereocenters. The number of para-hydroxylation sites is 1. The van der Waals surface area contributed by atoms with E-state index in [9.17, 15) is 16.8 Å². The molecule has 0 radical (unpaired) electrons. The Morgan fingerprint density at radius 3 is 1.63 bits per heavy atom. The summed E-state index contributed by atoms with van der Waals surface area (Å²) in [6.07, 6.45) is 0. The number of nitrogens with one attached hydrogen (secondary N) is 2. The Kier molecular flexibility index (Phi) is 5.06. The smallest absolute Gasteiger partial charge is 0.263 e. The van der Waals surface area contributed by atoms with Crippen LogP contribution in [-0.4, -0.2) is 16.8 Å². The summed E-state index contributed by atoms with van der Waals surface area (Å²) in [5, 5.41) is 0. The van der Waals surface area contributed by atoms with E-state index in [-0.39, 0.29) is 21.2 Å². The number of hydrogen-bond donors (Lipinski definition) is 3. The predicted molar refractivity (Wildman–Crippen MR) is 105 cm³/mol. The van der Waals surface area contributed by atoms with E-state index in [1.165, 1.54) is 48.5 Å². The van der Waals surface area contributed by atoms with Gasteiger partial charge in [0.05, 0.1) is 10.6 Å². The van der Waals surface area contributed by atoms with Crippen molar-refractivity contribution in [2.45, 2.75) is 9.79 Å². The van der Waals surface area contributed by atoms with Crippen molar-refractivity contribution in [1.29, 1.82) is 0 Å². The van der Waals surface area contributed by atoms with Crippen LogP contribution in [0.3, 0.4) is 0 Å². The molecule has 0 saturated heterocycles. The normalized spacial score (nSPS) is 11.7. The molecule has 0 saturated carbocycles. The third kappa shape index (κ3) is 4.39. The standard InChI is InChI=1S/C18H17N3O4S2/c19-17-8-4-5-9-18(17)27(24,25)21-15-12-10-14(11-13-15)20-26(22,23)16-6-2-1-3-7-16/h1-13,20-21H,19H2. The Bertz CT molecular complexity index is 1140. The molecule has 3 rings (SSSR count). The second-order valence-electron chi connectivity index (χ2n) is 5.64.